The maximum atomic E-state index is 12.6. The molecular formula is C14H22N2O4S. The summed E-state index contributed by atoms with van der Waals surface area (Å²) in [6.45, 7) is 3.87. The first-order chi connectivity index (χ1) is 9.79. The van der Waals surface area contributed by atoms with Gasteiger partial charge in [-0.2, -0.15) is 4.31 Å². The van der Waals surface area contributed by atoms with Crippen molar-refractivity contribution in [1.29, 1.82) is 0 Å². The summed E-state index contributed by atoms with van der Waals surface area (Å²) in [6, 6.07) is 3.97. The quantitative estimate of drug-likeness (QED) is 0.639. The van der Waals surface area contributed by atoms with Crippen molar-refractivity contribution in [1.82, 2.24) is 4.31 Å². The van der Waals surface area contributed by atoms with Crippen LogP contribution in [0.4, 0.5) is 5.69 Å². The van der Waals surface area contributed by atoms with E-state index in [1.165, 1.54) is 29.6 Å². The third kappa shape index (κ3) is 3.54. The van der Waals surface area contributed by atoms with Crippen molar-refractivity contribution in [2.45, 2.75) is 37.6 Å². The van der Waals surface area contributed by atoms with Crippen LogP contribution < -0.4 is 5.73 Å². The van der Waals surface area contributed by atoms with Gasteiger partial charge in [-0.3, -0.25) is 0 Å². The lowest BCUT2D eigenvalue weighted by Crippen LogP contribution is -2.36. The van der Waals surface area contributed by atoms with Crippen LogP contribution in [-0.4, -0.2) is 38.9 Å². The highest BCUT2D eigenvalue weighted by Crippen LogP contribution is 2.25. The number of hydrogen-bond acceptors (Lipinski definition) is 5. The average Bonchev–Trinajstić information content (AvgIpc) is 2.47. The molecular weight excluding hydrogens is 292 g/mol. The Morgan fingerprint density at radius 1 is 1.33 bits per heavy atom. The van der Waals surface area contributed by atoms with Crippen molar-refractivity contribution in [3.63, 3.8) is 0 Å². The van der Waals surface area contributed by atoms with E-state index in [0.29, 0.717) is 12.8 Å². The normalized spacial score (nSPS) is 11.9. The molecule has 2 N–H and O–H groups in total. The lowest BCUT2D eigenvalue weighted by atomic mass is 10.2. The van der Waals surface area contributed by atoms with Gasteiger partial charge in [0, 0.05) is 13.1 Å². The summed E-state index contributed by atoms with van der Waals surface area (Å²) in [5, 5.41) is 0. The Kier molecular flexibility index (Phi) is 5.74. The number of sulfonamides is 1. The second-order valence-electron chi connectivity index (χ2n) is 4.74. The van der Waals surface area contributed by atoms with E-state index >= 15 is 0 Å². The van der Waals surface area contributed by atoms with Crippen LogP contribution in [0.1, 0.15) is 37.0 Å². The molecule has 0 saturated carbocycles. The summed E-state index contributed by atoms with van der Waals surface area (Å²) in [7, 11) is -0.890. The van der Waals surface area contributed by atoms with Gasteiger partial charge < -0.3 is 10.5 Å². The van der Waals surface area contributed by atoms with Gasteiger partial charge in [0.1, 0.15) is 4.90 Å². The molecule has 0 unspecified atom stereocenters. The van der Waals surface area contributed by atoms with Gasteiger partial charge in [0.15, 0.2) is 0 Å². The van der Waals surface area contributed by atoms with Crippen LogP contribution in [0.15, 0.2) is 23.1 Å². The van der Waals surface area contributed by atoms with Gasteiger partial charge in [0.2, 0.25) is 10.0 Å². The third-order valence-corrected chi connectivity index (χ3v) is 5.53. The van der Waals surface area contributed by atoms with Gasteiger partial charge in [0.25, 0.3) is 0 Å². The number of methoxy groups -OCH3 is 1. The summed E-state index contributed by atoms with van der Waals surface area (Å²) < 4.78 is 31.1. The lowest BCUT2D eigenvalue weighted by Gasteiger charge is -2.26. The van der Waals surface area contributed by atoms with E-state index in [4.69, 9.17) is 5.73 Å². The van der Waals surface area contributed by atoms with Crippen molar-refractivity contribution in [2.75, 3.05) is 19.9 Å². The van der Waals surface area contributed by atoms with Crippen LogP contribution >= 0.6 is 0 Å². The SMILES string of the molecule is CCC(CC)N(C)S(=O)(=O)c1ccc(C(=O)OC)cc1N. The van der Waals surface area contributed by atoms with Gasteiger partial charge in [-0.15, -0.1) is 0 Å². The van der Waals surface area contributed by atoms with E-state index in [2.05, 4.69) is 4.74 Å². The number of carbonyl (C=O) groups excluding carboxylic acids is 1. The number of nitrogens with two attached hydrogens (primary N) is 1. The summed E-state index contributed by atoms with van der Waals surface area (Å²) >= 11 is 0. The molecule has 0 atom stereocenters. The van der Waals surface area contributed by atoms with Crippen molar-refractivity contribution in [2.24, 2.45) is 0 Å². The van der Waals surface area contributed by atoms with Crippen LogP contribution in [0.25, 0.3) is 0 Å². The Labute approximate surface area is 125 Å². The van der Waals surface area contributed by atoms with Crippen molar-refractivity contribution in [3.05, 3.63) is 23.8 Å². The molecule has 1 aromatic rings. The Bertz CT molecular complexity index is 609. The monoisotopic (exact) mass is 314 g/mol. The topological polar surface area (TPSA) is 89.7 Å². The number of hydrogen-bond donors (Lipinski definition) is 1. The zero-order valence-electron chi connectivity index (χ0n) is 12.8. The predicted octanol–water partition coefficient (Wildman–Crippen LogP) is 1.86. The molecule has 0 spiro atoms. The summed E-state index contributed by atoms with van der Waals surface area (Å²) in [6.07, 6.45) is 1.43. The van der Waals surface area contributed by atoms with Gasteiger partial charge in [-0.1, -0.05) is 13.8 Å². The van der Waals surface area contributed by atoms with E-state index in [1.54, 1.807) is 7.05 Å². The van der Waals surface area contributed by atoms with E-state index in [0.717, 1.165) is 0 Å². The molecule has 0 amide bonds. The Balaban J connectivity index is 3.24. The average molecular weight is 314 g/mol. The Hall–Kier alpha value is -1.60. The second kappa shape index (κ2) is 6.91. The minimum Gasteiger partial charge on any atom is -0.465 e. The highest BCUT2D eigenvalue weighted by Gasteiger charge is 2.28. The third-order valence-electron chi connectivity index (χ3n) is 3.54. The molecule has 0 aliphatic rings. The smallest absolute Gasteiger partial charge is 0.337 e. The maximum absolute atomic E-state index is 12.6. The van der Waals surface area contributed by atoms with Crippen molar-refractivity contribution >= 4 is 21.7 Å². The number of carbonyl (C=O) groups is 1. The fourth-order valence-electron chi connectivity index (χ4n) is 2.18. The fourth-order valence-corrected chi connectivity index (χ4v) is 3.78. The number of rotatable bonds is 6. The molecule has 0 aliphatic carbocycles. The predicted molar refractivity (Wildman–Crippen MR) is 81.5 cm³/mol. The largest absolute Gasteiger partial charge is 0.465 e. The zero-order chi connectivity index (χ0) is 16.2. The van der Waals surface area contributed by atoms with Gasteiger partial charge in [-0.25, -0.2) is 13.2 Å². The molecule has 6 nitrogen and oxygen atoms in total. The molecule has 0 aromatic heterocycles. The van der Waals surface area contributed by atoms with Crippen LogP contribution in [-0.2, 0) is 14.8 Å². The van der Waals surface area contributed by atoms with E-state index in [9.17, 15) is 13.2 Å². The van der Waals surface area contributed by atoms with E-state index in [1.807, 2.05) is 13.8 Å². The number of nitrogen functional groups attached to an aromatic ring is 1. The Morgan fingerprint density at radius 2 is 1.90 bits per heavy atom. The van der Waals surface area contributed by atoms with Crippen molar-refractivity contribution in [3.8, 4) is 0 Å². The number of nitrogens with zero attached hydrogens (tertiary/aromatic N) is 1. The highest BCUT2D eigenvalue weighted by molar-refractivity contribution is 7.89. The van der Waals surface area contributed by atoms with Crippen molar-refractivity contribution < 1.29 is 17.9 Å². The molecule has 21 heavy (non-hydrogen) atoms. The molecule has 0 fully saturated rings. The number of benzene rings is 1. The zero-order valence-corrected chi connectivity index (χ0v) is 13.6. The van der Waals surface area contributed by atoms with Gasteiger partial charge in [0.05, 0.1) is 18.4 Å². The van der Waals surface area contributed by atoms with E-state index in [-0.39, 0.29) is 22.2 Å². The van der Waals surface area contributed by atoms with Crippen LogP contribution in [0.5, 0.6) is 0 Å². The summed E-state index contributed by atoms with van der Waals surface area (Å²) in [5.41, 5.74) is 6.07. The molecule has 0 radical (unpaired) electrons. The first-order valence-corrected chi connectivity index (χ1v) is 8.19. The number of anilines is 1. The maximum Gasteiger partial charge on any atom is 0.337 e. The standard InChI is InChI=1S/C14H22N2O4S/c1-5-11(6-2)16(3)21(18,19)13-8-7-10(9-12(13)15)14(17)20-4/h7-9,11H,5-6,15H2,1-4H3. The fraction of sp³-hybridized carbons (Fsp3) is 0.500. The first kappa shape index (κ1) is 17.5. The van der Waals surface area contributed by atoms with Crippen LogP contribution in [0, 0.1) is 0 Å². The lowest BCUT2D eigenvalue weighted by molar-refractivity contribution is 0.0600. The minimum atomic E-state index is -3.69. The molecule has 1 aromatic carbocycles. The number of ether oxygens (including phenoxy) is 1. The van der Waals surface area contributed by atoms with Crippen LogP contribution in [0.2, 0.25) is 0 Å². The first-order valence-electron chi connectivity index (χ1n) is 6.75. The van der Waals surface area contributed by atoms with Gasteiger partial charge in [-0.05, 0) is 31.0 Å². The molecule has 118 valence electrons. The highest BCUT2D eigenvalue weighted by atomic mass is 32.2. The summed E-state index contributed by atoms with van der Waals surface area (Å²) in [4.78, 5) is 11.4. The Morgan fingerprint density at radius 3 is 2.33 bits per heavy atom. The second-order valence-corrected chi connectivity index (χ2v) is 6.70. The molecule has 0 heterocycles. The molecule has 1 rings (SSSR count). The number of esters is 1. The molecule has 0 saturated heterocycles. The summed E-state index contributed by atoms with van der Waals surface area (Å²) in [5.74, 6) is -0.556. The molecule has 0 aliphatic heterocycles. The van der Waals surface area contributed by atoms with E-state index < -0.39 is 16.0 Å². The van der Waals surface area contributed by atoms with Crippen LogP contribution in [0.3, 0.4) is 0 Å². The minimum absolute atomic E-state index is 0.00422. The molecule has 7 heteroatoms. The van der Waals surface area contributed by atoms with Gasteiger partial charge >= 0.3 is 5.97 Å². The molecule has 0 bridgehead atoms.